The van der Waals surface area contributed by atoms with Gasteiger partial charge in [-0.05, 0) is 36.1 Å². The average molecular weight is 314 g/mol. The summed E-state index contributed by atoms with van der Waals surface area (Å²) in [4.78, 5) is 13.7. The zero-order valence-electron chi connectivity index (χ0n) is 12.5. The lowest BCUT2D eigenvalue weighted by Crippen LogP contribution is -2.16. The number of rotatable bonds is 4. The summed E-state index contributed by atoms with van der Waals surface area (Å²) in [6.45, 7) is 2.45. The molecule has 0 aliphatic carbocycles. The lowest BCUT2D eigenvalue weighted by molar-refractivity contribution is 0.0495. The molecular weight excluding hydrogens is 296 g/mol. The fraction of sp³-hybridized carbons (Fsp3) is 0.278. The minimum Gasteiger partial charge on any atom is -0.462 e. The molecule has 0 saturated heterocycles. The Kier molecular flexibility index (Phi) is 4.39. The van der Waals surface area contributed by atoms with Crippen molar-refractivity contribution in [2.24, 2.45) is 0 Å². The Bertz CT molecular complexity index is 737. The lowest BCUT2D eigenvalue weighted by atomic mass is 10.0. The Morgan fingerprint density at radius 3 is 2.73 bits per heavy atom. The van der Waals surface area contributed by atoms with E-state index in [0.717, 1.165) is 28.9 Å². The molecule has 0 fully saturated rings. The summed E-state index contributed by atoms with van der Waals surface area (Å²) in [5.41, 5.74) is 2.44. The monoisotopic (exact) mass is 314 g/mol. The number of carbonyl (C=O) groups excluding carboxylic acids is 1. The third-order valence-corrected chi connectivity index (χ3v) is 5.44. The average Bonchev–Trinajstić information content (AvgIpc) is 2.54. The van der Waals surface area contributed by atoms with Crippen LogP contribution in [-0.4, -0.2) is 16.8 Å². The fourth-order valence-electron chi connectivity index (χ4n) is 2.64. The van der Waals surface area contributed by atoms with Crippen LogP contribution in [0.15, 0.2) is 52.3 Å². The van der Waals surface area contributed by atoms with Gasteiger partial charge >= 0.3 is 5.97 Å². The van der Waals surface area contributed by atoms with Crippen LogP contribution in [0.5, 0.6) is 0 Å². The van der Waals surface area contributed by atoms with Gasteiger partial charge in [-0.2, -0.15) is 0 Å². The van der Waals surface area contributed by atoms with Gasteiger partial charge in [0.2, 0.25) is 0 Å². The summed E-state index contributed by atoms with van der Waals surface area (Å²) in [7, 11) is -1.33. The molecule has 3 rings (SSSR count). The first-order valence-electron chi connectivity index (χ1n) is 7.51. The molecule has 1 aliphatic heterocycles. The SMILES string of the molecule is CCCCOC(=O)c1cccc2c1S(=O)c1ccccc1C2. The maximum atomic E-state index is 12.9. The highest BCUT2D eigenvalue weighted by Crippen LogP contribution is 2.33. The van der Waals surface area contributed by atoms with Crippen molar-refractivity contribution in [3.8, 4) is 0 Å². The summed E-state index contributed by atoms with van der Waals surface area (Å²) in [5, 5.41) is 0. The van der Waals surface area contributed by atoms with Crippen molar-refractivity contribution in [1.82, 2.24) is 0 Å². The molecule has 0 N–H and O–H groups in total. The largest absolute Gasteiger partial charge is 0.462 e. The summed E-state index contributed by atoms with van der Waals surface area (Å²) in [6, 6.07) is 13.2. The Morgan fingerprint density at radius 1 is 1.14 bits per heavy atom. The van der Waals surface area contributed by atoms with Crippen LogP contribution in [0, 0.1) is 0 Å². The third-order valence-electron chi connectivity index (χ3n) is 3.79. The van der Waals surface area contributed by atoms with Crippen LogP contribution in [0.25, 0.3) is 0 Å². The van der Waals surface area contributed by atoms with Gasteiger partial charge in [0.1, 0.15) is 0 Å². The number of benzene rings is 2. The first-order chi connectivity index (χ1) is 10.7. The van der Waals surface area contributed by atoms with Crippen LogP contribution in [0.1, 0.15) is 41.3 Å². The topological polar surface area (TPSA) is 43.4 Å². The number of hydrogen-bond donors (Lipinski definition) is 0. The van der Waals surface area contributed by atoms with Gasteiger partial charge < -0.3 is 4.74 Å². The van der Waals surface area contributed by atoms with Crippen molar-refractivity contribution in [1.29, 1.82) is 0 Å². The summed E-state index contributed by atoms with van der Waals surface area (Å²) < 4.78 is 18.2. The summed E-state index contributed by atoms with van der Waals surface area (Å²) >= 11 is 0. The van der Waals surface area contributed by atoms with E-state index in [2.05, 4.69) is 0 Å². The second kappa shape index (κ2) is 6.44. The Balaban J connectivity index is 1.97. The molecule has 0 aromatic heterocycles. The maximum absolute atomic E-state index is 12.9. The van der Waals surface area contributed by atoms with Crippen molar-refractivity contribution < 1.29 is 13.7 Å². The molecule has 0 amide bonds. The van der Waals surface area contributed by atoms with Crippen LogP contribution in [0.2, 0.25) is 0 Å². The number of ether oxygens (including phenoxy) is 1. The first-order valence-corrected chi connectivity index (χ1v) is 8.66. The van der Waals surface area contributed by atoms with Crippen molar-refractivity contribution >= 4 is 16.8 Å². The van der Waals surface area contributed by atoms with Gasteiger partial charge in [0.05, 0.1) is 27.9 Å². The Hall–Kier alpha value is -1.94. The van der Waals surface area contributed by atoms with Crippen LogP contribution >= 0.6 is 0 Å². The molecule has 2 aromatic rings. The molecule has 114 valence electrons. The van der Waals surface area contributed by atoms with Crippen molar-refractivity contribution in [2.75, 3.05) is 6.61 Å². The van der Waals surface area contributed by atoms with Crippen LogP contribution in [0.4, 0.5) is 0 Å². The molecule has 2 aromatic carbocycles. The second-order valence-electron chi connectivity index (χ2n) is 5.34. The van der Waals surface area contributed by atoms with E-state index in [0.29, 0.717) is 23.5 Å². The molecule has 1 atom stereocenters. The van der Waals surface area contributed by atoms with Crippen LogP contribution in [-0.2, 0) is 22.0 Å². The molecule has 3 nitrogen and oxygen atoms in total. The quantitative estimate of drug-likeness (QED) is 0.544. The molecule has 1 heterocycles. The van der Waals surface area contributed by atoms with Gasteiger partial charge in [0.15, 0.2) is 0 Å². The molecular formula is C18H18O3S. The minimum absolute atomic E-state index is 0.377. The molecule has 0 radical (unpaired) electrons. The van der Waals surface area contributed by atoms with Gasteiger partial charge in [0.25, 0.3) is 0 Å². The highest BCUT2D eigenvalue weighted by Gasteiger charge is 2.27. The minimum atomic E-state index is -1.33. The van der Waals surface area contributed by atoms with E-state index in [-0.39, 0.29) is 5.97 Å². The van der Waals surface area contributed by atoms with Gasteiger partial charge in [0, 0.05) is 4.90 Å². The summed E-state index contributed by atoms with van der Waals surface area (Å²) in [6.07, 6.45) is 2.51. The molecule has 1 aliphatic rings. The van der Waals surface area contributed by atoms with E-state index in [4.69, 9.17) is 4.74 Å². The summed E-state index contributed by atoms with van der Waals surface area (Å²) in [5.74, 6) is -0.377. The van der Waals surface area contributed by atoms with Crippen molar-refractivity contribution in [3.05, 3.63) is 59.2 Å². The highest BCUT2D eigenvalue weighted by molar-refractivity contribution is 7.85. The third kappa shape index (κ3) is 2.71. The first kappa shape index (κ1) is 15.0. The highest BCUT2D eigenvalue weighted by atomic mass is 32.2. The Morgan fingerprint density at radius 2 is 1.91 bits per heavy atom. The normalized spacial score (nSPS) is 15.8. The number of unbranched alkanes of at least 4 members (excludes halogenated alkanes) is 1. The number of carbonyl (C=O) groups is 1. The van der Waals surface area contributed by atoms with E-state index in [1.165, 1.54) is 0 Å². The van der Waals surface area contributed by atoms with E-state index in [9.17, 15) is 9.00 Å². The van der Waals surface area contributed by atoms with Crippen molar-refractivity contribution in [3.63, 3.8) is 0 Å². The van der Waals surface area contributed by atoms with Gasteiger partial charge in [-0.1, -0.05) is 43.7 Å². The number of hydrogen-bond acceptors (Lipinski definition) is 3. The maximum Gasteiger partial charge on any atom is 0.339 e. The Labute approximate surface area is 132 Å². The van der Waals surface area contributed by atoms with Crippen molar-refractivity contribution in [2.45, 2.75) is 36.0 Å². The van der Waals surface area contributed by atoms with E-state index in [1.54, 1.807) is 6.07 Å². The smallest absolute Gasteiger partial charge is 0.339 e. The van der Waals surface area contributed by atoms with Gasteiger partial charge in [-0.15, -0.1) is 0 Å². The van der Waals surface area contributed by atoms with Gasteiger partial charge in [-0.25, -0.2) is 9.00 Å². The van der Waals surface area contributed by atoms with Gasteiger partial charge in [-0.3, -0.25) is 0 Å². The van der Waals surface area contributed by atoms with E-state index in [1.807, 2.05) is 43.3 Å². The molecule has 0 saturated carbocycles. The zero-order valence-corrected chi connectivity index (χ0v) is 13.3. The molecule has 1 unspecified atom stereocenters. The van der Waals surface area contributed by atoms with E-state index >= 15 is 0 Å². The molecule has 0 bridgehead atoms. The predicted molar refractivity (Wildman–Crippen MR) is 85.6 cm³/mol. The van der Waals surface area contributed by atoms with Crippen LogP contribution < -0.4 is 0 Å². The van der Waals surface area contributed by atoms with Crippen LogP contribution in [0.3, 0.4) is 0 Å². The molecule has 4 heteroatoms. The fourth-order valence-corrected chi connectivity index (χ4v) is 4.17. The lowest BCUT2D eigenvalue weighted by Gasteiger charge is -2.20. The van der Waals surface area contributed by atoms with E-state index < -0.39 is 10.8 Å². The predicted octanol–water partition coefficient (Wildman–Crippen LogP) is 3.71. The zero-order chi connectivity index (χ0) is 15.5. The number of esters is 1. The molecule has 0 spiro atoms. The second-order valence-corrected chi connectivity index (χ2v) is 6.72. The number of fused-ring (bicyclic) bond motifs is 2. The molecule has 22 heavy (non-hydrogen) atoms. The standard InChI is InChI=1S/C18H18O3S/c1-2-3-11-21-18(19)15-9-6-8-14-12-13-7-4-5-10-16(13)22(20)17(14)15/h4-10H,2-3,11-12H2,1H3.